The Balaban J connectivity index is 1.58. The van der Waals surface area contributed by atoms with Gasteiger partial charge in [-0.25, -0.2) is 0 Å². The zero-order chi connectivity index (χ0) is 14.7. The summed E-state index contributed by atoms with van der Waals surface area (Å²) in [4.78, 5) is 14.4. The first-order valence-electron chi connectivity index (χ1n) is 7.37. The maximum absolute atomic E-state index is 12.4. The van der Waals surface area contributed by atoms with Crippen LogP contribution in [0.5, 0.6) is 0 Å². The van der Waals surface area contributed by atoms with Crippen molar-refractivity contribution in [3.8, 4) is 0 Å². The molecule has 1 atom stereocenters. The molecule has 1 N–H and O–H groups in total. The molecular formula is C18H20N2O. The lowest BCUT2D eigenvalue weighted by atomic mass is 9.99. The summed E-state index contributed by atoms with van der Waals surface area (Å²) in [6.45, 7) is 5.50. The first-order valence-corrected chi connectivity index (χ1v) is 7.37. The van der Waals surface area contributed by atoms with Gasteiger partial charge in [-0.1, -0.05) is 43.0 Å². The molecule has 0 aromatic heterocycles. The van der Waals surface area contributed by atoms with E-state index in [1.807, 2.05) is 29.3 Å². The number of amides is 1. The summed E-state index contributed by atoms with van der Waals surface area (Å²) in [5, 5.41) is 3.05. The number of rotatable bonds is 3. The van der Waals surface area contributed by atoms with Gasteiger partial charge in [-0.2, -0.15) is 0 Å². The number of allylic oxidation sites excluding steroid dienone is 2. The van der Waals surface area contributed by atoms with Crippen LogP contribution in [0.4, 0.5) is 0 Å². The maximum Gasteiger partial charge on any atom is 0.227 e. The fourth-order valence-electron chi connectivity index (χ4n) is 2.87. The van der Waals surface area contributed by atoms with Crippen LogP contribution in [0.2, 0.25) is 0 Å². The first-order chi connectivity index (χ1) is 10.2. The van der Waals surface area contributed by atoms with E-state index < -0.39 is 0 Å². The van der Waals surface area contributed by atoms with E-state index in [4.69, 9.17) is 0 Å². The van der Waals surface area contributed by atoms with Crippen LogP contribution < -0.4 is 5.32 Å². The van der Waals surface area contributed by atoms with Gasteiger partial charge in [0.15, 0.2) is 0 Å². The highest BCUT2D eigenvalue weighted by Crippen LogP contribution is 2.27. The summed E-state index contributed by atoms with van der Waals surface area (Å²) >= 11 is 0. The topological polar surface area (TPSA) is 32.3 Å². The van der Waals surface area contributed by atoms with Gasteiger partial charge in [0.2, 0.25) is 5.91 Å². The molecule has 1 amide bonds. The Morgan fingerprint density at radius 2 is 2.10 bits per heavy atom. The number of benzene rings is 1. The third-order valence-corrected chi connectivity index (χ3v) is 4.11. The Morgan fingerprint density at radius 3 is 2.81 bits per heavy atom. The summed E-state index contributed by atoms with van der Waals surface area (Å²) in [5.74, 6) is 0.683. The Kier molecular flexibility index (Phi) is 3.91. The molecule has 0 radical (unpaired) electrons. The zero-order valence-corrected chi connectivity index (χ0v) is 12.1. The molecule has 0 aliphatic carbocycles. The first kappa shape index (κ1) is 13.7. The van der Waals surface area contributed by atoms with E-state index in [1.54, 1.807) is 0 Å². The summed E-state index contributed by atoms with van der Waals surface area (Å²) < 4.78 is 0. The Labute approximate surface area is 125 Å². The molecule has 108 valence electrons. The summed E-state index contributed by atoms with van der Waals surface area (Å²) in [6, 6.07) is 10.5. The molecule has 3 nitrogen and oxygen atoms in total. The molecule has 1 fully saturated rings. The largest absolute Gasteiger partial charge is 0.362 e. The highest BCUT2D eigenvalue weighted by molar-refractivity contribution is 5.80. The van der Waals surface area contributed by atoms with Crippen LogP contribution in [0.1, 0.15) is 24.3 Å². The Bertz CT molecular complexity index is 601. The number of nitrogens with zero attached hydrogens (tertiary/aromatic N) is 1. The molecule has 2 heterocycles. The van der Waals surface area contributed by atoms with Gasteiger partial charge in [-0.15, -0.1) is 0 Å². The number of hydrogen-bond acceptors (Lipinski definition) is 2. The lowest BCUT2D eigenvalue weighted by Gasteiger charge is -2.18. The second kappa shape index (κ2) is 6.00. The maximum atomic E-state index is 12.4. The number of nitrogens with one attached hydrogen (secondary N) is 1. The lowest BCUT2D eigenvalue weighted by Crippen LogP contribution is -2.28. The predicted molar refractivity (Wildman–Crippen MR) is 84.5 cm³/mol. The van der Waals surface area contributed by atoms with Crippen LogP contribution in [0.25, 0.3) is 0 Å². The number of likely N-dealkylation sites (tertiary alicyclic amines) is 1. The minimum atomic E-state index is 0.207. The van der Waals surface area contributed by atoms with Gasteiger partial charge in [0, 0.05) is 30.9 Å². The van der Waals surface area contributed by atoms with Crippen molar-refractivity contribution in [3.05, 3.63) is 72.1 Å². The van der Waals surface area contributed by atoms with Crippen molar-refractivity contribution in [2.75, 3.05) is 13.1 Å². The van der Waals surface area contributed by atoms with Gasteiger partial charge >= 0.3 is 0 Å². The van der Waals surface area contributed by atoms with Crippen LogP contribution in [-0.4, -0.2) is 23.9 Å². The van der Waals surface area contributed by atoms with Crippen molar-refractivity contribution < 1.29 is 4.79 Å². The van der Waals surface area contributed by atoms with Crippen LogP contribution in [0, 0.1) is 0 Å². The van der Waals surface area contributed by atoms with Crippen molar-refractivity contribution in [3.63, 3.8) is 0 Å². The second-order valence-corrected chi connectivity index (χ2v) is 5.63. The van der Waals surface area contributed by atoms with Crippen molar-refractivity contribution in [1.82, 2.24) is 10.2 Å². The fraction of sp³-hybridized carbons (Fsp3) is 0.278. The average Bonchev–Trinajstić information content (AvgIpc) is 3.00. The van der Waals surface area contributed by atoms with Gasteiger partial charge < -0.3 is 10.2 Å². The molecular weight excluding hydrogens is 260 g/mol. The SMILES string of the molecule is C=C1C=CC(CC(=O)N2CCC(c3ccccc3)C2)=CN1. The van der Waals surface area contributed by atoms with Crippen molar-refractivity contribution in [1.29, 1.82) is 0 Å². The van der Waals surface area contributed by atoms with Crippen molar-refractivity contribution >= 4 is 5.91 Å². The standard InChI is InChI=1S/C18H20N2O/c1-14-7-8-15(12-19-14)11-18(21)20-10-9-17(13-20)16-5-3-2-4-6-16/h2-8,12,17,19H,1,9-11,13H2. The van der Waals surface area contributed by atoms with E-state index >= 15 is 0 Å². The van der Waals surface area contributed by atoms with E-state index in [0.29, 0.717) is 12.3 Å². The summed E-state index contributed by atoms with van der Waals surface area (Å²) in [6.07, 6.45) is 7.24. The predicted octanol–water partition coefficient (Wildman–Crippen LogP) is 2.95. The van der Waals surface area contributed by atoms with Gasteiger partial charge in [-0.05, 0) is 23.6 Å². The molecule has 0 spiro atoms. The van der Waals surface area contributed by atoms with Gasteiger partial charge in [0.05, 0.1) is 6.42 Å². The van der Waals surface area contributed by atoms with E-state index in [2.05, 4.69) is 36.2 Å². The molecule has 2 aliphatic rings. The Hall–Kier alpha value is -2.29. The van der Waals surface area contributed by atoms with E-state index in [-0.39, 0.29) is 5.91 Å². The number of carbonyl (C=O) groups is 1. The molecule has 0 saturated carbocycles. The monoisotopic (exact) mass is 280 g/mol. The average molecular weight is 280 g/mol. The minimum Gasteiger partial charge on any atom is -0.362 e. The van der Waals surface area contributed by atoms with Gasteiger partial charge in [0.1, 0.15) is 0 Å². The third-order valence-electron chi connectivity index (χ3n) is 4.11. The van der Waals surface area contributed by atoms with E-state index in [1.165, 1.54) is 5.56 Å². The van der Waals surface area contributed by atoms with Crippen LogP contribution in [0.3, 0.4) is 0 Å². The molecule has 2 aliphatic heterocycles. The Morgan fingerprint density at radius 1 is 1.29 bits per heavy atom. The van der Waals surface area contributed by atoms with Gasteiger partial charge in [-0.3, -0.25) is 4.79 Å². The molecule has 0 bridgehead atoms. The van der Waals surface area contributed by atoms with Gasteiger partial charge in [0.25, 0.3) is 0 Å². The quantitative estimate of drug-likeness (QED) is 0.923. The number of dihydropyridines is 1. The lowest BCUT2D eigenvalue weighted by molar-refractivity contribution is -0.129. The van der Waals surface area contributed by atoms with Crippen molar-refractivity contribution in [2.24, 2.45) is 0 Å². The van der Waals surface area contributed by atoms with E-state index in [9.17, 15) is 4.79 Å². The molecule has 3 heteroatoms. The van der Waals surface area contributed by atoms with E-state index in [0.717, 1.165) is 30.8 Å². The molecule has 1 aromatic carbocycles. The highest BCUT2D eigenvalue weighted by atomic mass is 16.2. The van der Waals surface area contributed by atoms with Crippen LogP contribution >= 0.6 is 0 Å². The second-order valence-electron chi connectivity index (χ2n) is 5.63. The fourth-order valence-corrected chi connectivity index (χ4v) is 2.87. The molecule has 1 unspecified atom stereocenters. The third kappa shape index (κ3) is 3.24. The van der Waals surface area contributed by atoms with Crippen molar-refractivity contribution in [2.45, 2.75) is 18.8 Å². The molecule has 1 saturated heterocycles. The smallest absolute Gasteiger partial charge is 0.227 e. The molecule has 1 aromatic rings. The molecule has 21 heavy (non-hydrogen) atoms. The molecule has 3 rings (SSSR count). The summed E-state index contributed by atoms with van der Waals surface area (Å²) in [5.41, 5.74) is 3.20. The number of carbonyl (C=O) groups excluding carboxylic acids is 1. The summed E-state index contributed by atoms with van der Waals surface area (Å²) in [7, 11) is 0. The zero-order valence-electron chi connectivity index (χ0n) is 12.1. The van der Waals surface area contributed by atoms with Crippen LogP contribution in [0.15, 0.2) is 66.5 Å². The highest BCUT2D eigenvalue weighted by Gasteiger charge is 2.27. The van der Waals surface area contributed by atoms with Crippen LogP contribution in [-0.2, 0) is 4.79 Å². The minimum absolute atomic E-state index is 0.207. The number of hydrogen-bond donors (Lipinski definition) is 1. The normalized spacial score (nSPS) is 21.1.